The molecule has 0 fully saturated rings. The summed E-state index contributed by atoms with van der Waals surface area (Å²) in [5.41, 5.74) is 6.15. The van der Waals surface area contributed by atoms with Gasteiger partial charge in [0.05, 0.1) is 0 Å². The Morgan fingerprint density at radius 2 is 1.89 bits per heavy atom. The van der Waals surface area contributed by atoms with E-state index < -0.39 is 11.9 Å². The van der Waals surface area contributed by atoms with Gasteiger partial charge in [-0.15, -0.1) is 0 Å². The van der Waals surface area contributed by atoms with Gasteiger partial charge in [-0.05, 0) is 24.3 Å². The van der Waals surface area contributed by atoms with Crippen LogP contribution in [0.1, 0.15) is 5.76 Å². The lowest BCUT2D eigenvalue weighted by Gasteiger charge is -1.98. The van der Waals surface area contributed by atoms with E-state index in [2.05, 4.69) is 5.16 Å². The maximum absolute atomic E-state index is 12.5. The molecule has 0 unspecified atom stereocenters. The van der Waals surface area contributed by atoms with Crippen LogP contribution >= 0.6 is 0 Å². The Bertz CT molecular complexity index is 743. The number of alkyl halides is 3. The molecule has 0 saturated carbocycles. The highest BCUT2D eigenvalue weighted by atomic mass is 19.4. The predicted molar refractivity (Wildman–Crippen MR) is 61.1 cm³/mol. The first-order valence-electron chi connectivity index (χ1n) is 5.27. The Morgan fingerprint density at radius 1 is 1.11 bits per heavy atom. The number of fused-ring (bicyclic) bond motifs is 1. The van der Waals surface area contributed by atoms with E-state index in [-0.39, 0.29) is 11.4 Å². The van der Waals surface area contributed by atoms with Crippen molar-refractivity contribution >= 4 is 16.8 Å². The molecule has 3 rings (SSSR count). The smallest absolute Gasteiger partial charge is 0.449 e. The average molecular weight is 268 g/mol. The SMILES string of the molecule is Nc1cc(-c2ccc3oc(C(F)(F)F)cc3c2)on1. The summed E-state index contributed by atoms with van der Waals surface area (Å²) < 4.78 is 47.2. The molecule has 0 bridgehead atoms. The summed E-state index contributed by atoms with van der Waals surface area (Å²) in [5, 5.41) is 3.85. The molecule has 0 aliphatic carbocycles. The summed E-state index contributed by atoms with van der Waals surface area (Å²) in [7, 11) is 0. The van der Waals surface area contributed by atoms with E-state index in [4.69, 9.17) is 14.7 Å². The zero-order chi connectivity index (χ0) is 13.6. The van der Waals surface area contributed by atoms with Crippen molar-refractivity contribution in [1.82, 2.24) is 5.16 Å². The molecule has 3 aromatic rings. The zero-order valence-corrected chi connectivity index (χ0v) is 9.36. The second-order valence-electron chi connectivity index (χ2n) is 3.98. The Balaban J connectivity index is 2.11. The molecule has 2 heterocycles. The number of benzene rings is 1. The quantitative estimate of drug-likeness (QED) is 0.731. The highest BCUT2D eigenvalue weighted by Crippen LogP contribution is 2.35. The Labute approximate surface area is 104 Å². The van der Waals surface area contributed by atoms with Gasteiger partial charge in [-0.25, -0.2) is 0 Å². The van der Waals surface area contributed by atoms with Gasteiger partial charge in [0.25, 0.3) is 0 Å². The minimum atomic E-state index is -4.50. The highest BCUT2D eigenvalue weighted by molar-refractivity contribution is 5.83. The van der Waals surface area contributed by atoms with Gasteiger partial charge in [0.2, 0.25) is 5.76 Å². The minimum Gasteiger partial charge on any atom is -0.452 e. The van der Waals surface area contributed by atoms with Crippen LogP contribution in [0.5, 0.6) is 0 Å². The molecule has 4 nitrogen and oxygen atoms in total. The lowest BCUT2D eigenvalue weighted by molar-refractivity contribution is -0.152. The van der Waals surface area contributed by atoms with E-state index in [1.807, 2.05) is 0 Å². The Kier molecular flexibility index (Phi) is 2.31. The first-order valence-corrected chi connectivity index (χ1v) is 5.27. The number of nitrogen functional groups attached to an aromatic ring is 1. The summed E-state index contributed by atoms with van der Waals surface area (Å²) in [4.78, 5) is 0. The Hall–Kier alpha value is -2.44. The monoisotopic (exact) mass is 268 g/mol. The number of halogens is 3. The van der Waals surface area contributed by atoms with Crippen LogP contribution in [0.3, 0.4) is 0 Å². The number of nitrogens with two attached hydrogens (primary N) is 1. The highest BCUT2D eigenvalue weighted by Gasteiger charge is 2.35. The second kappa shape index (κ2) is 3.78. The van der Waals surface area contributed by atoms with Crippen molar-refractivity contribution in [1.29, 1.82) is 0 Å². The van der Waals surface area contributed by atoms with Crippen molar-refractivity contribution in [2.24, 2.45) is 0 Å². The number of rotatable bonds is 1. The number of hydrogen-bond acceptors (Lipinski definition) is 4. The van der Waals surface area contributed by atoms with Gasteiger partial charge in [-0.1, -0.05) is 5.16 Å². The lowest BCUT2D eigenvalue weighted by atomic mass is 10.1. The largest absolute Gasteiger partial charge is 0.452 e. The van der Waals surface area contributed by atoms with Gasteiger partial charge < -0.3 is 14.7 Å². The molecule has 2 aromatic heterocycles. The molecule has 0 radical (unpaired) electrons. The molecule has 0 aliphatic heterocycles. The van der Waals surface area contributed by atoms with E-state index >= 15 is 0 Å². The molecule has 0 amide bonds. The van der Waals surface area contributed by atoms with Gasteiger partial charge in [0, 0.05) is 17.0 Å². The van der Waals surface area contributed by atoms with E-state index in [0.717, 1.165) is 6.07 Å². The third-order valence-electron chi connectivity index (χ3n) is 2.61. The fourth-order valence-corrected chi connectivity index (χ4v) is 1.76. The minimum absolute atomic E-state index is 0.156. The number of furan rings is 1. The molecule has 0 atom stereocenters. The molecule has 7 heteroatoms. The molecule has 0 aliphatic rings. The maximum Gasteiger partial charge on any atom is 0.449 e. The molecule has 19 heavy (non-hydrogen) atoms. The molecule has 0 saturated heterocycles. The van der Waals surface area contributed by atoms with Crippen LogP contribution in [-0.4, -0.2) is 5.16 Å². The van der Waals surface area contributed by atoms with Gasteiger partial charge in [0.1, 0.15) is 5.58 Å². The lowest BCUT2D eigenvalue weighted by Crippen LogP contribution is -2.01. The molecular weight excluding hydrogens is 261 g/mol. The van der Waals surface area contributed by atoms with Crippen molar-refractivity contribution in [3.63, 3.8) is 0 Å². The van der Waals surface area contributed by atoms with Crippen LogP contribution in [0, 0.1) is 0 Å². The van der Waals surface area contributed by atoms with Gasteiger partial charge in [0.15, 0.2) is 11.6 Å². The normalized spacial score (nSPS) is 12.2. The number of aromatic nitrogens is 1. The van der Waals surface area contributed by atoms with Crippen LogP contribution < -0.4 is 5.73 Å². The molecule has 2 N–H and O–H groups in total. The van der Waals surface area contributed by atoms with E-state index in [1.165, 1.54) is 18.2 Å². The summed E-state index contributed by atoms with van der Waals surface area (Å²) in [6, 6.07) is 6.98. The van der Waals surface area contributed by atoms with Gasteiger partial charge >= 0.3 is 6.18 Å². The van der Waals surface area contributed by atoms with Crippen LogP contribution in [0.15, 0.2) is 39.3 Å². The van der Waals surface area contributed by atoms with Crippen LogP contribution in [0.4, 0.5) is 19.0 Å². The number of anilines is 1. The van der Waals surface area contributed by atoms with Crippen LogP contribution in [0.2, 0.25) is 0 Å². The van der Waals surface area contributed by atoms with Gasteiger partial charge in [-0.2, -0.15) is 13.2 Å². The average Bonchev–Trinajstić information content (AvgIpc) is 2.92. The van der Waals surface area contributed by atoms with E-state index in [9.17, 15) is 13.2 Å². The van der Waals surface area contributed by atoms with Crippen molar-refractivity contribution in [2.75, 3.05) is 5.73 Å². The number of nitrogens with zero attached hydrogens (tertiary/aromatic N) is 1. The van der Waals surface area contributed by atoms with Crippen molar-refractivity contribution in [3.05, 3.63) is 36.1 Å². The van der Waals surface area contributed by atoms with Crippen molar-refractivity contribution < 1.29 is 22.1 Å². The molecule has 1 aromatic carbocycles. The van der Waals surface area contributed by atoms with Crippen LogP contribution in [-0.2, 0) is 6.18 Å². The maximum atomic E-state index is 12.5. The third-order valence-corrected chi connectivity index (χ3v) is 2.61. The van der Waals surface area contributed by atoms with Crippen LogP contribution in [0.25, 0.3) is 22.3 Å². The summed E-state index contributed by atoms with van der Waals surface area (Å²) >= 11 is 0. The van der Waals surface area contributed by atoms with E-state index in [1.54, 1.807) is 6.07 Å². The summed E-state index contributed by atoms with van der Waals surface area (Å²) in [6.45, 7) is 0. The second-order valence-corrected chi connectivity index (χ2v) is 3.98. The standard InChI is InChI=1S/C12H7F3N2O2/c13-12(14,15)10-4-7-3-6(1-2-8(7)18-10)9-5-11(16)17-19-9/h1-5H,(H2,16,17). The summed E-state index contributed by atoms with van der Waals surface area (Å²) in [5.74, 6) is -0.441. The Morgan fingerprint density at radius 3 is 2.53 bits per heavy atom. The fourth-order valence-electron chi connectivity index (χ4n) is 1.76. The topological polar surface area (TPSA) is 65.2 Å². The zero-order valence-electron chi connectivity index (χ0n) is 9.36. The number of hydrogen-bond donors (Lipinski definition) is 1. The van der Waals surface area contributed by atoms with Crippen molar-refractivity contribution in [3.8, 4) is 11.3 Å². The van der Waals surface area contributed by atoms with E-state index in [0.29, 0.717) is 16.7 Å². The molecular formula is C12H7F3N2O2. The summed E-state index contributed by atoms with van der Waals surface area (Å²) in [6.07, 6.45) is -4.50. The fraction of sp³-hybridized carbons (Fsp3) is 0.0833. The first kappa shape index (κ1) is 11.6. The van der Waals surface area contributed by atoms with Gasteiger partial charge in [-0.3, -0.25) is 0 Å². The first-order chi connectivity index (χ1) is 8.93. The molecule has 0 spiro atoms. The van der Waals surface area contributed by atoms with Crippen molar-refractivity contribution in [2.45, 2.75) is 6.18 Å². The predicted octanol–water partition coefficient (Wildman–Crippen LogP) is 3.69. The molecule has 98 valence electrons. The third kappa shape index (κ3) is 2.03.